The Balaban J connectivity index is 2.12. The van der Waals surface area contributed by atoms with Gasteiger partial charge in [-0.2, -0.15) is 0 Å². The van der Waals surface area contributed by atoms with E-state index in [9.17, 15) is 5.11 Å². The summed E-state index contributed by atoms with van der Waals surface area (Å²) in [5, 5.41) is 10.6. The molecule has 2 heteroatoms. The number of nitrogens with zero attached hydrogens (tertiary/aromatic N) is 1. The molecule has 2 nitrogen and oxygen atoms in total. The molecular weight excluding hydrogens is 246 g/mol. The standard InChI is InChI=1S/C18H23NO/c1-4-14-10-11-16(19-13-14)12-17(20)18(2,3)15-8-6-5-7-9-15/h5-11,13,17,20H,4,12H2,1-3H3. The first-order valence-corrected chi connectivity index (χ1v) is 7.21. The molecule has 1 heterocycles. The Morgan fingerprint density at radius 3 is 2.35 bits per heavy atom. The number of pyridine rings is 1. The van der Waals surface area contributed by atoms with E-state index in [1.807, 2.05) is 30.5 Å². The van der Waals surface area contributed by atoms with E-state index in [4.69, 9.17) is 0 Å². The van der Waals surface area contributed by atoms with E-state index in [1.54, 1.807) is 0 Å². The number of hydrogen-bond acceptors (Lipinski definition) is 2. The van der Waals surface area contributed by atoms with E-state index >= 15 is 0 Å². The Hall–Kier alpha value is -1.67. The Bertz CT molecular complexity index is 531. The predicted octanol–water partition coefficient (Wildman–Crippen LogP) is 3.53. The quantitative estimate of drug-likeness (QED) is 0.901. The summed E-state index contributed by atoms with van der Waals surface area (Å²) in [6.45, 7) is 6.27. The lowest BCUT2D eigenvalue weighted by Gasteiger charge is -2.31. The zero-order valence-corrected chi connectivity index (χ0v) is 12.5. The lowest BCUT2D eigenvalue weighted by atomic mass is 9.78. The lowest BCUT2D eigenvalue weighted by Crippen LogP contribution is -2.35. The molecular formula is C18H23NO. The second-order valence-corrected chi connectivity index (χ2v) is 5.82. The molecule has 0 bridgehead atoms. The zero-order chi connectivity index (χ0) is 14.6. The number of aliphatic hydroxyl groups excluding tert-OH is 1. The molecule has 2 aromatic rings. The van der Waals surface area contributed by atoms with Crippen molar-refractivity contribution in [2.24, 2.45) is 0 Å². The highest BCUT2D eigenvalue weighted by Gasteiger charge is 2.29. The average Bonchev–Trinajstić information content (AvgIpc) is 2.49. The van der Waals surface area contributed by atoms with Crippen molar-refractivity contribution in [2.45, 2.75) is 45.1 Å². The van der Waals surface area contributed by atoms with Gasteiger partial charge in [0.2, 0.25) is 0 Å². The fourth-order valence-electron chi connectivity index (χ4n) is 2.30. The molecule has 0 aliphatic heterocycles. The number of hydrogen-bond donors (Lipinski definition) is 1. The Morgan fingerprint density at radius 2 is 1.80 bits per heavy atom. The van der Waals surface area contributed by atoms with E-state index in [2.05, 4.69) is 44.0 Å². The van der Waals surface area contributed by atoms with Crippen molar-refractivity contribution in [3.63, 3.8) is 0 Å². The fraction of sp³-hybridized carbons (Fsp3) is 0.389. The van der Waals surface area contributed by atoms with Crippen LogP contribution in [0, 0.1) is 0 Å². The van der Waals surface area contributed by atoms with Gasteiger partial charge in [-0.25, -0.2) is 0 Å². The molecule has 1 N–H and O–H groups in total. The van der Waals surface area contributed by atoms with Crippen molar-refractivity contribution in [3.05, 3.63) is 65.5 Å². The van der Waals surface area contributed by atoms with E-state index in [-0.39, 0.29) is 5.41 Å². The van der Waals surface area contributed by atoms with Crippen LogP contribution in [0.5, 0.6) is 0 Å². The van der Waals surface area contributed by atoms with Crippen LogP contribution in [0.4, 0.5) is 0 Å². The summed E-state index contributed by atoms with van der Waals surface area (Å²) in [6, 6.07) is 14.3. The minimum atomic E-state index is -0.454. The first-order valence-electron chi connectivity index (χ1n) is 7.21. The van der Waals surface area contributed by atoms with E-state index < -0.39 is 6.10 Å². The number of aromatic nitrogens is 1. The molecule has 0 amide bonds. The maximum Gasteiger partial charge on any atom is 0.0686 e. The second-order valence-electron chi connectivity index (χ2n) is 5.82. The van der Waals surface area contributed by atoms with Crippen LogP contribution in [-0.2, 0) is 18.3 Å². The molecule has 2 rings (SSSR count). The van der Waals surface area contributed by atoms with Gasteiger partial charge in [0, 0.05) is 23.7 Å². The Labute approximate surface area is 121 Å². The summed E-state index contributed by atoms with van der Waals surface area (Å²) in [5.41, 5.74) is 3.04. The van der Waals surface area contributed by atoms with Crippen molar-refractivity contribution in [1.82, 2.24) is 4.98 Å². The smallest absolute Gasteiger partial charge is 0.0686 e. The normalized spacial score (nSPS) is 13.2. The molecule has 0 saturated carbocycles. The van der Waals surface area contributed by atoms with E-state index in [1.165, 1.54) is 5.56 Å². The molecule has 1 atom stereocenters. The average molecular weight is 269 g/mol. The first kappa shape index (κ1) is 14.7. The van der Waals surface area contributed by atoms with Gasteiger partial charge in [-0.1, -0.05) is 57.2 Å². The van der Waals surface area contributed by atoms with Gasteiger partial charge in [0.25, 0.3) is 0 Å². The highest BCUT2D eigenvalue weighted by molar-refractivity contribution is 5.26. The van der Waals surface area contributed by atoms with Crippen LogP contribution in [-0.4, -0.2) is 16.2 Å². The SMILES string of the molecule is CCc1ccc(CC(O)C(C)(C)c2ccccc2)nc1. The number of aliphatic hydroxyl groups is 1. The monoisotopic (exact) mass is 269 g/mol. The summed E-state index contributed by atoms with van der Waals surface area (Å²) in [5.74, 6) is 0. The van der Waals surface area contributed by atoms with E-state index in [0.29, 0.717) is 6.42 Å². The van der Waals surface area contributed by atoms with Gasteiger partial charge < -0.3 is 5.11 Å². The molecule has 0 aliphatic rings. The Morgan fingerprint density at radius 1 is 1.10 bits per heavy atom. The van der Waals surface area contributed by atoms with Crippen LogP contribution in [0.3, 0.4) is 0 Å². The van der Waals surface area contributed by atoms with Crippen molar-refractivity contribution in [1.29, 1.82) is 0 Å². The van der Waals surface area contributed by atoms with Gasteiger partial charge in [0.15, 0.2) is 0 Å². The molecule has 0 radical (unpaired) electrons. The molecule has 0 fully saturated rings. The van der Waals surface area contributed by atoms with Gasteiger partial charge in [-0.15, -0.1) is 0 Å². The van der Waals surface area contributed by atoms with Gasteiger partial charge in [-0.05, 0) is 23.6 Å². The predicted molar refractivity (Wildman–Crippen MR) is 82.8 cm³/mol. The molecule has 0 spiro atoms. The molecule has 0 aliphatic carbocycles. The summed E-state index contributed by atoms with van der Waals surface area (Å²) in [6.07, 6.45) is 3.01. The summed E-state index contributed by atoms with van der Waals surface area (Å²) < 4.78 is 0. The maximum absolute atomic E-state index is 10.6. The van der Waals surface area contributed by atoms with Crippen LogP contribution in [0.2, 0.25) is 0 Å². The molecule has 20 heavy (non-hydrogen) atoms. The number of aryl methyl sites for hydroxylation is 1. The van der Waals surface area contributed by atoms with Crippen LogP contribution in [0.25, 0.3) is 0 Å². The van der Waals surface area contributed by atoms with Crippen LogP contribution < -0.4 is 0 Å². The minimum absolute atomic E-state index is 0.285. The number of rotatable bonds is 5. The van der Waals surface area contributed by atoms with Crippen molar-refractivity contribution < 1.29 is 5.11 Å². The first-order chi connectivity index (χ1) is 9.54. The molecule has 1 unspecified atom stereocenters. The van der Waals surface area contributed by atoms with Crippen molar-refractivity contribution in [2.75, 3.05) is 0 Å². The second kappa shape index (κ2) is 6.19. The number of benzene rings is 1. The molecule has 1 aromatic heterocycles. The van der Waals surface area contributed by atoms with Gasteiger partial charge in [0.05, 0.1) is 6.10 Å². The third-order valence-corrected chi connectivity index (χ3v) is 4.05. The van der Waals surface area contributed by atoms with Gasteiger partial charge in [0.1, 0.15) is 0 Å². The largest absolute Gasteiger partial charge is 0.392 e. The van der Waals surface area contributed by atoms with Crippen LogP contribution in [0.1, 0.15) is 37.6 Å². The highest BCUT2D eigenvalue weighted by atomic mass is 16.3. The zero-order valence-electron chi connectivity index (χ0n) is 12.5. The van der Waals surface area contributed by atoms with E-state index in [0.717, 1.165) is 17.7 Å². The topological polar surface area (TPSA) is 33.1 Å². The molecule has 0 saturated heterocycles. The third-order valence-electron chi connectivity index (χ3n) is 4.05. The molecule has 106 valence electrons. The van der Waals surface area contributed by atoms with Gasteiger partial charge >= 0.3 is 0 Å². The summed E-state index contributed by atoms with van der Waals surface area (Å²) in [4.78, 5) is 4.44. The highest BCUT2D eigenvalue weighted by Crippen LogP contribution is 2.28. The Kier molecular flexibility index (Phi) is 4.56. The van der Waals surface area contributed by atoms with Crippen molar-refractivity contribution in [3.8, 4) is 0 Å². The summed E-state index contributed by atoms with van der Waals surface area (Å²) >= 11 is 0. The minimum Gasteiger partial charge on any atom is -0.392 e. The third kappa shape index (κ3) is 3.26. The lowest BCUT2D eigenvalue weighted by molar-refractivity contribution is 0.0990. The fourth-order valence-corrected chi connectivity index (χ4v) is 2.30. The maximum atomic E-state index is 10.6. The van der Waals surface area contributed by atoms with Gasteiger partial charge in [-0.3, -0.25) is 4.98 Å². The van der Waals surface area contributed by atoms with Crippen LogP contribution >= 0.6 is 0 Å². The van der Waals surface area contributed by atoms with Crippen molar-refractivity contribution >= 4 is 0 Å². The molecule has 1 aromatic carbocycles. The summed E-state index contributed by atoms with van der Waals surface area (Å²) in [7, 11) is 0. The van der Waals surface area contributed by atoms with Crippen LogP contribution in [0.15, 0.2) is 48.7 Å².